The molecule has 0 spiro atoms. The maximum atomic E-state index is 11.5. The number of hydrogen-bond acceptors (Lipinski definition) is 7. The van der Waals surface area contributed by atoms with Crippen molar-refractivity contribution in [3.8, 4) is 0 Å². The third-order valence-corrected chi connectivity index (χ3v) is 3.81. The summed E-state index contributed by atoms with van der Waals surface area (Å²) in [4.78, 5) is 15.8. The Morgan fingerprint density at radius 1 is 1.09 bits per heavy atom. The largest absolute Gasteiger partial charge is 0.399 e. The lowest BCUT2D eigenvalue weighted by Crippen LogP contribution is -2.48. The van der Waals surface area contributed by atoms with E-state index in [-0.39, 0.29) is 5.56 Å². The Labute approximate surface area is 127 Å². The van der Waals surface area contributed by atoms with Crippen molar-refractivity contribution < 1.29 is 0 Å². The van der Waals surface area contributed by atoms with E-state index < -0.39 is 0 Å². The van der Waals surface area contributed by atoms with Gasteiger partial charge in [0.2, 0.25) is 5.95 Å². The van der Waals surface area contributed by atoms with Gasteiger partial charge >= 0.3 is 0 Å². The zero-order valence-electron chi connectivity index (χ0n) is 12.2. The van der Waals surface area contributed by atoms with E-state index >= 15 is 0 Å². The van der Waals surface area contributed by atoms with Crippen molar-refractivity contribution in [1.82, 2.24) is 19.8 Å². The van der Waals surface area contributed by atoms with Crippen LogP contribution >= 0.6 is 0 Å². The quantitative estimate of drug-likeness (QED) is 0.568. The van der Waals surface area contributed by atoms with Crippen molar-refractivity contribution in [2.24, 2.45) is 0 Å². The fraction of sp³-hybridized carbons (Fsp3) is 0.357. The van der Waals surface area contributed by atoms with E-state index in [4.69, 9.17) is 11.6 Å². The van der Waals surface area contributed by atoms with Crippen LogP contribution in [0.1, 0.15) is 5.56 Å². The highest BCUT2D eigenvalue weighted by molar-refractivity contribution is 5.39. The molecule has 1 aromatic heterocycles. The highest BCUT2D eigenvalue weighted by atomic mass is 16.1. The number of aromatic nitrogens is 3. The molecule has 3 rings (SSSR count). The summed E-state index contributed by atoms with van der Waals surface area (Å²) in [6.07, 6.45) is 1.11. The van der Waals surface area contributed by atoms with Gasteiger partial charge in [0.1, 0.15) is 6.20 Å². The first-order valence-electron chi connectivity index (χ1n) is 7.15. The van der Waals surface area contributed by atoms with Gasteiger partial charge in [-0.25, -0.2) is 0 Å². The summed E-state index contributed by atoms with van der Waals surface area (Å²) in [6.45, 7) is 4.13. The summed E-state index contributed by atoms with van der Waals surface area (Å²) in [7, 11) is 0. The van der Waals surface area contributed by atoms with E-state index in [2.05, 4.69) is 15.1 Å². The number of anilines is 2. The molecule has 0 amide bonds. The molecule has 8 heteroatoms. The number of benzene rings is 1. The molecule has 22 heavy (non-hydrogen) atoms. The summed E-state index contributed by atoms with van der Waals surface area (Å²) in [5.74, 6) is 6.14. The first kappa shape index (κ1) is 14.3. The zero-order valence-corrected chi connectivity index (χ0v) is 12.2. The van der Waals surface area contributed by atoms with Gasteiger partial charge in [-0.3, -0.25) is 9.69 Å². The van der Waals surface area contributed by atoms with E-state index in [0.717, 1.165) is 49.3 Å². The minimum Gasteiger partial charge on any atom is -0.399 e. The topological polar surface area (TPSA) is 106 Å². The van der Waals surface area contributed by atoms with Gasteiger partial charge in [0.05, 0.1) is 0 Å². The molecule has 4 N–H and O–H groups in total. The van der Waals surface area contributed by atoms with Gasteiger partial charge in [-0.05, 0) is 17.7 Å². The van der Waals surface area contributed by atoms with E-state index in [0.29, 0.717) is 5.95 Å². The highest BCUT2D eigenvalue weighted by Gasteiger charge is 2.20. The third-order valence-electron chi connectivity index (χ3n) is 3.81. The van der Waals surface area contributed by atoms with Crippen LogP contribution < -0.4 is 22.0 Å². The van der Waals surface area contributed by atoms with Gasteiger partial charge in [-0.15, -0.1) is 10.2 Å². The molecular weight excluding hydrogens is 282 g/mol. The molecule has 1 aromatic carbocycles. The van der Waals surface area contributed by atoms with Crippen LogP contribution in [0, 0.1) is 0 Å². The Balaban J connectivity index is 1.61. The van der Waals surface area contributed by atoms with Crippen LogP contribution in [0.2, 0.25) is 0 Å². The number of nitrogens with zero attached hydrogens (tertiary/aromatic N) is 5. The average molecular weight is 301 g/mol. The molecule has 116 valence electrons. The van der Waals surface area contributed by atoms with E-state index in [1.807, 2.05) is 29.2 Å². The van der Waals surface area contributed by atoms with Crippen molar-refractivity contribution in [3.05, 3.63) is 46.4 Å². The van der Waals surface area contributed by atoms with Crippen LogP contribution in [0.3, 0.4) is 0 Å². The molecule has 1 fully saturated rings. The summed E-state index contributed by atoms with van der Waals surface area (Å²) >= 11 is 0. The Hall–Kier alpha value is -2.61. The van der Waals surface area contributed by atoms with Crippen LogP contribution in [0.5, 0.6) is 0 Å². The second-order valence-corrected chi connectivity index (χ2v) is 5.36. The molecule has 1 aliphatic rings. The van der Waals surface area contributed by atoms with Gasteiger partial charge in [0.15, 0.2) is 0 Å². The van der Waals surface area contributed by atoms with Gasteiger partial charge < -0.3 is 16.5 Å². The molecule has 0 aliphatic carbocycles. The molecule has 0 unspecified atom stereocenters. The fourth-order valence-corrected chi connectivity index (χ4v) is 2.54. The smallest absolute Gasteiger partial charge is 0.292 e. The van der Waals surface area contributed by atoms with E-state index in [1.54, 1.807) is 0 Å². The number of nitrogens with two attached hydrogens (primary N) is 2. The molecule has 0 saturated carbocycles. The number of hydrogen-bond donors (Lipinski definition) is 2. The van der Waals surface area contributed by atoms with Crippen LogP contribution in [-0.4, -0.2) is 46.0 Å². The van der Waals surface area contributed by atoms with Gasteiger partial charge in [0.25, 0.3) is 5.56 Å². The van der Waals surface area contributed by atoms with Crippen molar-refractivity contribution >= 4 is 11.6 Å². The SMILES string of the molecule is Nc1ccc(CN2CCN(c3nncc(=O)n3N)CC2)cc1. The molecule has 1 aliphatic heterocycles. The van der Waals surface area contributed by atoms with E-state index in [9.17, 15) is 4.79 Å². The highest BCUT2D eigenvalue weighted by Crippen LogP contribution is 2.13. The molecule has 8 nitrogen and oxygen atoms in total. The fourth-order valence-electron chi connectivity index (χ4n) is 2.54. The summed E-state index contributed by atoms with van der Waals surface area (Å²) < 4.78 is 1.04. The maximum Gasteiger partial charge on any atom is 0.292 e. The molecule has 0 bridgehead atoms. The Morgan fingerprint density at radius 2 is 1.77 bits per heavy atom. The third kappa shape index (κ3) is 3.01. The summed E-state index contributed by atoms with van der Waals surface area (Å²) in [6, 6.07) is 7.92. The van der Waals surface area contributed by atoms with Crippen LogP contribution in [0.25, 0.3) is 0 Å². The van der Waals surface area contributed by atoms with Crippen molar-refractivity contribution in [2.75, 3.05) is 42.7 Å². The normalized spacial score (nSPS) is 15.9. The number of piperazine rings is 1. The predicted molar refractivity (Wildman–Crippen MR) is 84.8 cm³/mol. The van der Waals surface area contributed by atoms with Crippen LogP contribution in [0.15, 0.2) is 35.3 Å². The molecule has 0 radical (unpaired) electrons. The molecule has 0 atom stereocenters. The minimum absolute atomic E-state index is 0.352. The lowest BCUT2D eigenvalue weighted by molar-refractivity contribution is 0.248. The minimum atomic E-state index is -0.352. The maximum absolute atomic E-state index is 11.5. The van der Waals surface area contributed by atoms with Crippen molar-refractivity contribution in [2.45, 2.75) is 6.54 Å². The van der Waals surface area contributed by atoms with E-state index in [1.165, 1.54) is 5.56 Å². The average Bonchev–Trinajstić information content (AvgIpc) is 2.53. The van der Waals surface area contributed by atoms with Gasteiger partial charge in [-0.1, -0.05) is 12.1 Å². The number of nitrogen functional groups attached to an aromatic ring is 2. The van der Waals surface area contributed by atoms with Crippen molar-refractivity contribution in [3.63, 3.8) is 0 Å². The van der Waals surface area contributed by atoms with Gasteiger partial charge in [-0.2, -0.15) is 4.68 Å². The predicted octanol–water partition coefficient (Wildman–Crippen LogP) is -0.743. The standard InChI is InChI=1S/C14H19N7O/c15-12-3-1-11(2-4-12)10-19-5-7-20(8-6-19)14-18-17-9-13(22)21(14)16/h1-4,9H,5-8,10,15-16H2. The second-order valence-electron chi connectivity index (χ2n) is 5.36. The lowest BCUT2D eigenvalue weighted by Gasteiger charge is -2.35. The summed E-state index contributed by atoms with van der Waals surface area (Å²) in [5, 5.41) is 7.65. The molecular formula is C14H19N7O. The Kier molecular flexibility index (Phi) is 3.92. The number of rotatable bonds is 3. The zero-order chi connectivity index (χ0) is 15.5. The molecule has 2 heterocycles. The Morgan fingerprint density at radius 3 is 2.45 bits per heavy atom. The Bertz CT molecular complexity index is 689. The van der Waals surface area contributed by atoms with Crippen molar-refractivity contribution in [1.29, 1.82) is 0 Å². The van der Waals surface area contributed by atoms with Crippen LogP contribution in [0.4, 0.5) is 11.6 Å². The van der Waals surface area contributed by atoms with Gasteiger partial charge in [0, 0.05) is 38.4 Å². The molecule has 1 saturated heterocycles. The lowest BCUT2D eigenvalue weighted by atomic mass is 10.2. The van der Waals surface area contributed by atoms with Crippen LogP contribution in [-0.2, 0) is 6.54 Å². The monoisotopic (exact) mass is 301 g/mol. The second kappa shape index (κ2) is 6.02. The first-order valence-corrected chi connectivity index (χ1v) is 7.15. The summed E-state index contributed by atoms with van der Waals surface area (Å²) in [5.41, 5.74) is 7.35. The first-order chi connectivity index (χ1) is 10.6. The molecule has 2 aromatic rings.